The molecule has 17 heavy (non-hydrogen) atoms. The monoisotopic (exact) mass is 272 g/mol. The summed E-state index contributed by atoms with van der Waals surface area (Å²) in [6, 6.07) is 5.15. The lowest BCUT2D eigenvalue weighted by Gasteiger charge is -2.02. The molecule has 3 N–H and O–H groups in total. The summed E-state index contributed by atoms with van der Waals surface area (Å²) >= 11 is 1.49. The highest BCUT2D eigenvalue weighted by Crippen LogP contribution is 2.13. The van der Waals surface area contributed by atoms with Crippen molar-refractivity contribution >= 4 is 21.4 Å². The van der Waals surface area contributed by atoms with Gasteiger partial charge in [-0.1, -0.05) is 6.07 Å². The summed E-state index contributed by atoms with van der Waals surface area (Å²) in [5.74, 6) is 0. The lowest BCUT2D eigenvalue weighted by molar-refractivity contribution is 0.277. The van der Waals surface area contributed by atoms with Crippen LogP contribution in [0.15, 0.2) is 34.7 Å². The third kappa shape index (κ3) is 2.95. The fourth-order valence-electron chi connectivity index (χ4n) is 1.33. The molecule has 2 heterocycles. The molecule has 0 aliphatic heterocycles. The Morgan fingerprint density at radius 3 is 2.88 bits per heavy atom. The average Bonchev–Trinajstić information content (AvgIpc) is 2.98. The van der Waals surface area contributed by atoms with E-state index in [4.69, 9.17) is 5.11 Å². The van der Waals surface area contributed by atoms with Gasteiger partial charge in [0.25, 0.3) is 0 Å². The molecule has 0 bridgehead atoms. The summed E-state index contributed by atoms with van der Waals surface area (Å²) in [6.45, 7) is 0.0695. The molecule has 5 nitrogen and oxygen atoms in total. The standard InChI is InChI=1S/C10H12N2O3S2/c13-7-8-4-10(6-11-8)17(14,15)12-5-9-2-1-3-16-9/h1-4,6,11-13H,5,7H2. The second-order valence-corrected chi connectivity index (χ2v) is 6.22. The van der Waals surface area contributed by atoms with Crippen LogP contribution in [-0.4, -0.2) is 18.5 Å². The third-order valence-electron chi connectivity index (χ3n) is 2.21. The Kier molecular flexibility index (Phi) is 3.63. The summed E-state index contributed by atoms with van der Waals surface area (Å²) in [7, 11) is -3.51. The summed E-state index contributed by atoms with van der Waals surface area (Å²) in [4.78, 5) is 3.78. The number of H-pyrrole nitrogens is 1. The maximum absolute atomic E-state index is 11.8. The third-order valence-corrected chi connectivity index (χ3v) is 4.47. The smallest absolute Gasteiger partial charge is 0.242 e. The SMILES string of the molecule is O=S(=O)(NCc1cccs1)c1c[nH]c(CO)c1. The lowest BCUT2D eigenvalue weighted by atomic mass is 10.5. The first-order valence-corrected chi connectivity index (χ1v) is 7.28. The Labute approximate surface area is 103 Å². The van der Waals surface area contributed by atoms with Crippen LogP contribution in [-0.2, 0) is 23.2 Å². The van der Waals surface area contributed by atoms with Crippen molar-refractivity contribution in [1.82, 2.24) is 9.71 Å². The number of hydrogen-bond acceptors (Lipinski definition) is 4. The predicted octanol–water partition coefficient (Wildman–Crippen LogP) is 1.05. The normalized spacial score (nSPS) is 11.8. The molecule has 7 heteroatoms. The maximum Gasteiger partial charge on any atom is 0.242 e. The van der Waals surface area contributed by atoms with E-state index in [1.165, 1.54) is 23.6 Å². The molecule has 0 aliphatic rings. The fourth-order valence-corrected chi connectivity index (χ4v) is 3.09. The van der Waals surface area contributed by atoms with Gasteiger partial charge in [-0.15, -0.1) is 11.3 Å². The summed E-state index contributed by atoms with van der Waals surface area (Å²) in [5.41, 5.74) is 0.474. The number of aromatic nitrogens is 1. The van der Waals surface area contributed by atoms with Crippen LogP contribution in [0, 0.1) is 0 Å². The van der Waals surface area contributed by atoms with Crippen molar-refractivity contribution in [2.45, 2.75) is 18.0 Å². The largest absolute Gasteiger partial charge is 0.390 e. The molecular formula is C10H12N2O3S2. The Bertz CT molecular complexity index is 572. The van der Waals surface area contributed by atoms with E-state index in [0.717, 1.165) is 4.88 Å². The number of sulfonamides is 1. The number of hydrogen-bond donors (Lipinski definition) is 3. The molecule has 0 atom stereocenters. The van der Waals surface area contributed by atoms with E-state index >= 15 is 0 Å². The van der Waals surface area contributed by atoms with E-state index in [-0.39, 0.29) is 18.0 Å². The molecule has 0 saturated heterocycles. The fraction of sp³-hybridized carbons (Fsp3) is 0.200. The van der Waals surface area contributed by atoms with Crippen LogP contribution in [0.25, 0.3) is 0 Å². The van der Waals surface area contributed by atoms with Gasteiger partial charge in [0.2, 0.25) is 10.0 Å². The Balaban J connectivity index is 2.08. The van der Waals surface area contributed by atoms with E-state index < -0.39 is 10.0 Å². The van der Waals surface area contributed by atoms with Crippen molar-refractivity contribution in [3.63, 3.8) is 0 Å². The Morgan fingerprint density at radius 1 is 1.47 bits per heavy atom. The highest BCUT2D eigenvalue weighted by atomic mass is 32.2. The van der Waals surface area contributed by atoms with Gasteiger partial charge < -0.3 is 10.1 Å². The second kappa shape index (κ2) is 5.01. The minimum absolute atomic E-state index is 0.137. The first-order valence-electron chi connectivity index (χ1n) is 4.92. The van der Waals surface area contributed by atoms with E-state index in [0.29, 0.717) is 5.69 Å². The average molecular weight is 272 g/mol. The van der Waals surface area contributed by atoms with Gasteiger partial charge in [-0.3, -0.25) is 0 Å². The zero-order valence-corrected chi connectivity index (χ0v) is 10.5. The van der Waals surface area contributed by atoms with Crippen molar-refractivity contribution in [2.24, 2.45) is 0 Å². The molecular weight excluding hydrogens is 260 g/mol. The molecule has 0 amide bonds. The molecule has 0 radical (unpaired) electrons. The van der Waals surface area contributed by atoms with Gasteiger partial charge in [0.05, 0.1) is 11.5 Å². The number of nitrogens with one attached hydrogen (secondary N) is 2. The first-order chi connectivity index (χ1) is 8.12. The van der Waals surface area contributed by atoms with Crippen LogP contribution in [0.4, 0.5) is 0 Å². The molecule has 0 aliphatic carbocycles. The number of aliphatic hydroxyl groups is 1. The number of rotatable bonds is 5. The molecule has 92 valence electrons. The highest BCUT2D eigenvalue weighted by Gasteiger charge is 2.15. The van der Waals surface area contributed by atoms with Crippen LogP contribution in [0.2, 0.25) is 0 Å². The van der Waals surface area contributed by atoms with Crippen molar-refractivity contribution < 1.29 is 13.5 Å². The van der Waals surface area contributed by atoms with Gasteiger partial charge in [0.1, 0.15) is 0 Å². The first kappa shape index (κ1) is 12.3. The maximum atomic E-state index is 11.8. The summed E-state index contributed by atoms with van der Waals surface area (Å²) < 4.78 is 26.2. The van der Waals surface area contributed by atoms with Crippen molar-refractivity contribution in [2.75, 3.05) is 0 Å². The predicted molar refractivity (Wildman–Crippen MR) is 65.1 cm³/mol. The van der Waals surface area contributed by atoms with Gasteiger partial charge in [-0.25, -0.2) is 13.1 Å². The molecule has 0 aromatic carbocycles. The highest BCUT2D eigenvalue weighted by molar-refractivity contribution is 7.89. The van der Waals surface area contributed by atoms with E-state index in [2.05, 4.69) is 9.71 Å². The van der Waals surface area contributed by atoms with Crippen LogP contribution in [0.1, 0.15) is 10.6 Å². The Hall–Kier alpha value is -1.15. The van der Waals surface area contributed by atoms with Crippen LogP contribution < -0.4 is 4.72 Å². The van der Waals surface area contributed by atoms with Gasteiger partial charge in [0, 0.05) is 23.3 Å². The molecule has 2 aromatic rings. The topological polar surface area (TPSA) is 82.2 Å². The van der Waals surface area contributed by atoms with E-state index in [9.17, 15) is 8.42 Å². The molecule has 0 saturated carbocycles. The van der Waals surface area contributed by atoms with Crippen LogP contribution in [0.3, 0.4) is 0 Å². The number of aromatic amines is 1. The minimum atomic E-state index is -3.51. The summed E-state index contributed by atoms with van der Waals surface area (Å²) in [5, 5.41) is 10.7. The van der Waals surface area contributed by atoms with Gasteiger partial charge in [-0.2, -0.15) is 0 Å². The van der Waals surface area contributed by atoms with E-state index in [1.54, 1.807) is 0 Å². The van der Waals surface area contributed by atoms with Gasteiger partial charge in [0.15, 0.2) is 0 Å². The Morgan fingerprint density at radius 2 is 2.29 bits per heavy atom. The van der Waals surface area contributed by atoms with Crippen molar-refractivity contribution in [3.8, 4) is 0 Å². The molecule has 2 rings (SSSR count). The van der Waals surface area contributed by atoms with Gasteiger partial charge in [-0.05, 0) is 17.5 Å². The van der Waals surface area contributed by atoms with Crippen molar-refractivity contribution in [3.05, 3.63) is 40.3 Å². The zero-order valence-electron chi connectivity index (χ0n) is 8.88. The zero-order chi connectivity index (χ0) is 12.3. The van der Waals surface area contributed by atoms with Gasteiger partial charge >= 0.3 is 0 Å². The number of aliphatic hydroxyl groups excluding tert-OH is 1. The summed E-state index contributed by atoms with van der Waals surface area (Å²) in [6.07, 6.45) is 1.36. The molecule has 0 spiro atoms. The minimum Gasteiger partial charge on any atom is -0.390 e. The van der Waals surface area contributed by atoms with Crippen LogP contribution in [0.5, 0.6) is 0 Å². The molecule has 2 aromatic heterocycles. The second-order valence-electron chi connectivity index (χ2n) is 3.42. The van der Waals surface area contributed by atoms with Crippen LogP contribution >= 0.6 is 11.3 Å². The van der Waals surface area contributed by atoms with E-state index in [1.807, 2.05) is 17.5 Å². The number of thiophene rings is 1. The molecule has 0 fully saturated rings. The quantitative estimate of drug-likeness (QED) is 0.761. The molecule has 0 unspecified atom stereocenters. The van der Waals surface area contributed by atoms with Crippen molar-refractivity contribution in [1.29, 1.82) is 0 Å². The lowest BCUT2D eigenvalue weighted by Crippen LogP contribution is -2.22.